The van der Waals surface area contributed by atoms with E-state index in [1.54, 1.807) is 11.8 Å². The van der Waals surface area contributed by atoms with E-state index in [1.165, 1.54) is 0 Å². The maximum atomic E-state index is 12.3. The highest BCUT2D eigenvalue weighted by molar-refractivity contribution is 5.92. The number of benzene rings is 1. The van der Waals surface area contributed by atoms with E-state index >= 15 is 0 Å². The van der Waals surface area contributed by atoms with Gasteiger partial charge in [0, 0.05) is 19.0 Å². The van der Waals surface area contributed by atoms with Crippen molar-refractivity contribution in [1.29, 1.82) is 0 Å². The third-order valence-electron chi connectivity index (χ3n) is 4.02. The van der Waals surface area contributed by atoms with Crippen LogP contribution in [0.5, 0.6) is 0 Å². The number of hydrogen-bond donors (Lipinski definition) is 2. The third kappa shape index (κ3) is 3.44. The van der Waals surface area contributed by atoms with E-state index in [0.29, 0.717) is 38.5 Å². The van der Waals surface area contributed by atoms with Gasteiger partial charge < -0.3 is 14.6 Å². The normalized spacial score (nSPS) is 15.6. The first-order chi connectivity index (χ1) is 11.2. The largest absolute Gasteiger partial charge is 0.450 e. The predicted molar refractivity (Wildman–Crippen MR) is 86.0 cm³/mol. The van der Waals surface area contributed by atoms with Crippen molar-refractivity contribution in [2.45, 2.75) is 19.8 Å². The van der Waals surface area contributed by atoms with E-state index in [2.05, 4.69) is 15.3 Å². The van der Waals surface area contributed by atoms with Crippen LogP contribution in [0, 0.1) is 5.92 Å². The number of likely N-dealkylation sites (tertiary alicyclic amines) is 1. The van der Waals surface area contributed by atoms with Gasteiger partial charge in [0.15, 0.2) is 0 Å². The summed E-state index contributed by atoms with van der Waals surface area (Å²) in [4.78, 5) is 33.1. The number of piperidine rings is 1. The Kier molecular flexibility index (Phi) is 4.45. The molecule has 2 aromatic rings. The van der Waals surface area contributed by atoms with E-state index in [1.807, 2.05) is 24.3 Å². The minimum atomic E-state index is -0.302. The Hall–Kier alpha value is -2.57. The molecular formula is C16H20N4O3. The summed E-state index contributed by atoms with van der Waals surface area (Å²) in [5.74, 6) is 0.283. The maximum Gasteiger partial charge on any atom is 0.409 e. The van der Waals surface area contributed by atoms with E-state index < -0.39 is 0 Å². The molecular weight excluding hydrogens is 296 g/mol. The van der Waals surface area contributed by atoms with Crippen molar-refractivity contribution in [2.75, 3.05) is 25.0 Å². The van der Waals surface area contributed by atoms with Crippen LogP contribution in [0.1, 0.15) is 19.8 Å². The molecule has 1 aromatic carbocycles. The maximum absolute atomic E-state index is 12.3. The van der Waals surface area contributed by atoms with Crippen LogP contribution in [0.25, 0.3) is 11.0 Å². The lowest BCUT2D eigenvalue weighted by Gasteiger charge is -2.30. The number of hydrogen-bond acceptors (Lipinski definition) is 4. The van der Waals surface area contributed by atoms with Crippen molar-refractivity contribution in [3.8, 4) is 0 Å². The second-order valence-corrected chi connectivity index (χ2v) is 5.55. The fourth-order valence-corrected chi connectivity index (χ4v) is 2.77. The summed E-state index contributed by atoms with van der Waals surface area (Å²) in [6.45, 7) is 3.23. The van der Waals surface area contributed by atoms with Crippen molar-refractivity contribution in [3.05, 3.63) is 24.3 Å². The van der Waals surface area contributed by atoms with Gasteiger partial charge in [-0.25, -0.2) is 9.78 Å². The molecule has 1 aliphatic heterocycles. The number of aromatic amines is 1. The number of anilines is 1. The number of para-hydroxylation sites is 2. The molecule has 0 atom stereocenters. The van der Waals surface area contributed by atoms with E-state index in [4.69, 9.17) is 4.74 Å². The van der Waals surface area contributed by atoms with E-state index in [9.17, 15) is 9.59 Å². The Morgan fingerprint density at radius 3 is 2.78 bits per heavy atom. The number of imidazole rings is 1. The lowest BCUT2D eigenvalue weighted by atomic mass is 9.96. The van der Waals surface area contributed by atoms with Gasteiger partial charge in [0.2, 0.25) is 11.9 Å². The number of amides is 2. The number of carbonyl (C=O) groups excluding carboxylic acids is 2. The van der Waals surface area contributed by atoms with Gasteiger partial charge in [-0.05, 0) is 31.9 Å². The molecule has 1 fully saturated rings. The molecule has 3 rings (SSSR count). The van der Waals surface area contributed by atoms with Gasteiger partial charge in [0.1, 0.15) is 0 Å². The van der Waals surface area contributed by atoms with Gasteiger partial charge in [0.25, 0.3) is 0 Å². The molecule has 7 heteroatoms. The first-order valence-corrected chi connectivity index (χ1v) is 7.84. The molecule has 1 aliphatic rings. The minimum Gasteiger partial charge on any atom is -0.450 e. The van der Waals surface area contributed by atoms with Crippen LogP contribution in [0.15, 0.2) is 24.3 Å². The number of nitrogens with one attached hydrogen (secondary N) is 2. The summed E-state index contributed by atoms with van der Waals surface area (Å²) in [5.41, 5.74) is 1.71. The van der Waals surface area contributed by atoms with Gasteiger partial charge in [0.05, 0.1) is 17.6 Å². The molecule has 1 aromatic heterocycles. The number of ether oxygens (including phenoxy) is 1. The first kappa shape index (κ1) is 15.3. The van der Waals surface area contributed by atoms with Crippen LogP contribution >= 0.6 is 0 Å². The van der Waals surface area contributed by atoms with Crippen molar-refractivity contribution < 1.29 is 14.3 Å². The van der Waals surface area contributed by atoms with E-state index in [0.717, 1.165) is 11.0 Å². The molecule has 0 spiro atoms. The van der Waals surface area contributed by atoms with Crippen LogP contribution in [-0.4, -0.2) is 46.6 Å². The molecule has 23 heavy (non-hydrogen) atoms. The van der Waals surface area contributed by atoms with Gasteiger partial charge in [-0.15, -0.1) is 0 Å². The molecule has 2 heterocycles. The Labute approximate surface area is 134 Å². The summed E-state index contributed by atoms with van der Waals surface area (Å²) >= 11 is 0. The van der Waals surface area contributed by atoms with Crippen molar-refractivity contribution in [1.82, 2.24) is 14.9 Å². The number of rotatable bonds is 3. The summed E-state index contributed by atoms with van der Waals surface area (Å²) in [7, 11) is 0. The Balaban J connectivity index is 1.56. The topological polar surface area (TPSA) is 87.3 Å². The number of H-pyrrole nitrogens is 1. The van der Waals surface area contributed by atoms with Crippen LogP contribution < -0.4 is 5.32 Å². The summed E-state index contributed by atoms with van der Waals surface area (Å²) < 4.78 is 4.98. The zero-order chi connectivity index (χ0) is 16.2. The number of nitrogens with zero attached hydrogens (tertiary/aromatic N) is 2. The highest BCUT2D eigenvalue weighted by Gasteiger charge is 2.28. The monoisotopic (exact) mass is 316 g/mol. The second kappa shape index (κ2) is 6.68. The van der Waals surface area contributed by atoms with Crippen LogP contribution in [0.3, 0.4) is 0 Å². The summed E-state index contributed by atoms with van der Waals surface area (Å²) in [6.07, 6.45) is 0.957. The average molecular weight is 316 g/mol. The minimum absolute atomic E-state index is 0.0624. The lowest BCUT2D eigenvalue weighted by Crippen LogP contribution is -2.41. The molecule has 0 unspecified atom stereocenters. The van der Waals surface area contributed by atoms with E-state index in [-0.39, 0.29) is 17.9 Å². The van der Waals surface area contributed by atoms with Crippen LogP contribution in [0.4, 0.5) is 10.7 Å². The second-order valence-electron chi connectivity index (χ2n) is 5.55. The average Bonchev–Trinajstić information content (AvgIpc) is 2.97. The quantitative estimate of drug-likeness (QED) is 0.910. The Morgan fingerprint density at radius 1 is 1.35 bits per heavy atom. The Bertz CT molecular complexity index is 671. The molecule has 7 nitrogen and oxygen atoms in total. The van der Waals surface area contributed by atoms with Crippen molar-refractivity contribution in [2.24, 2.45) is 5.92 Å². The fourth-order valence-electron chi connectivity index (χ4n) is 2.77. The summed E-state index contributed by atoms with van der Waals surface area (Å²) in [6, 6.07) is 7.62. The zero-order valence-electron chi connectivity index (χ0n) is 13.0. The van der Waals surface area contributed by atoms with Crippen LogP contribution in [-0.2, 0) is 9.53 Å². The summed E-state index contributed by atoms with van der Waals surface area (Å²) in [5, 5.41) is 2.83. The van der Waals surface area contributed by atoms with Crippen LogP contribution in [0.2, 0.25) is 0 Å². The molecule has 0 aliphatic carbocycles. The highest BCUT2D eigenvalue weighted by Crippen LogP contribution is 2.20. The highest BCUT2D eigenvalue weighted by atomic mass is 16.6. The fraction of sp³-hybridized carbons (Fsp3) is 0.438. The standard InChI is InChI=1S/C16H20N4O3/c1-2-23-16(22)20-9-7-11(8-10-20)14(21)19-15-17-12-5-3-4-6-13(12)18-15/h3-6,11H,2,7-10H2,1H3,(H2,17,18,19,21). The molecule has 0 bridgehead atoms. The van der Waals surface area contributed by atoms with Gasteiger partial charge in [-0.3, -0.25) is 10.1 Å². The van der Waals surface area contributed by atoms with Gasteiger partial charge in [-0.2, -0.15) is 0 Å². The smallest absolute Gasteiger partial charge is 0.409 e. The molecule has 0 radical (unpaired) electrons. The molecule has 2 N–H and O–H groups in total. The first-order valence-electron chi connectivity index (χ1n) is 7.84. The number of carbonyl (C=O) groups is 2. The molecule has 122 valence electrons. The van der Waals surface area contributed by atoms with Crippen molar-refractivity contribution >= 4 is 29.0 Å². The van der Waals surface area contributed by atoms with Crippen molar-refractivity contribution in [3.63, 3.8) is 0 Å². The molecule has 1 saturated heterocycles. The predicted octanol–water partition coefficient (Wildman–Crippen LogP) is 2.37. The number of fused-ring (bicyclic) bond motifs is 1. The number of aromatic nitrogens is 2. The zero-order valence-corrected chi connectivity index (χ0v) is 13.0. The SMILES string of the molecule is CCOC(=O)N1CCC(C(=O)Nc2nc3ccccc3[nH]2)CC1. The third-order valence-corrected chi connectivity index (χ3v) is 4.02. The lowest BCUT2D eigenvalue weighted by molar-refractivity contribution is -0.121. The molecule has 0 saturated carbocycles. The van der Waals surface area contributed by atoms with Gasteiger partial charge in [-0.1, -0.05) is 12.1 Å². The van der Waals surface area contributed by atoms with Gasteiger partial charge >= 0.3 is 6.09 Å². The Morgan fingerprint density at radius 2 is 2.09 bits per heavy atom. The molecule has 2 amide bonds.